The van der Waals surface area contributed by atoms with Gasteiger partial charge in [0.2, 0.25) is 0 Å². The second-order valence-corrected chi connectivity index (χ2v) is 4.57. The summed E-state index contributed by atoms with van der Waals surface area (Å²) in [5.41, 5.74) is 4.20. The maximum Gasteiger partial charge on any atom is 0.0392 e. The largest absolute Gasteiger partial charge is 0.271 e. The standard InChI is InChI=1S/C13H28N2/c1-4-5-6-7-8-9-10-13(15-14)11-12(2)3/h11,13,15H,4-10,14H2,1-3H3. The van der Waals surface area contributed by atoms with Gasteiger partial charge in [-0.15, -0.1) is 0 Å². The van der Waals surface area contributed by atoms with Crippen LogP contribution in [0.25, 0.3) is 0 Å². The predicted octanol–water partition coefficient (Wildman–Crippen LogP) is 3.54. The molecule has 0 aromatic heterocycles. The van der Waals surface area contributed by atoms with E-state index in [1.807, 2.05) is 0 Å². The molecule has 0 heterocycles. The molecule has 0 spiro atoms. The van der Waals surface area contributed by atoms with E-state index < -0.39 is 0 Å². The fourth-order valence-corrected chi connectivity index (χ4v) is 1.76. The number of nitrogens with two attached hydrogens (primary N) is 1. The summed E-state index contributed by atoms with van der Waals surface area (Å²) in [6.45, 7) is 6.49. The zero-order chi connectivity index (χ0) is 11.5. The van der Waals surface area contributed by atoms with Crippen molar-refractivity contribution in [3.05, 3.63) is 11.6 Å². The smallest absolute Gasteiger partial charge is 0.0392 e. The molecule has 0 aromatic rings. The van der Waals surface area contributed by atoms with Gasteiger partial charge in [0.15, 0.2) is 0 Å². The molecule has 0 bridgehead atoms. The summed E-state index contributed by atoms with van der Waals surface area (Å²) in [6.07, 6.45) is 11.5. The first-order valence-corrected chi connectivity index (χ1v) is 6.31. The molecule has 0 amide bonds. The van der Waals surface area contributed by atoms with Gasteiger partial charge in [0.25, 0.3) is 0 Å². The molecule has 0 saturated heterocycles. The van der Waals surface area contributed by atoms with Crippen molar-refractivity contribution < 1.29 is 0 Å². The number of hydrogen-bond donors (Lipinski definition) is 2. The second-order valence-electron chi connectivity index (χ2n) is 4.57. The van der Waals surface area contributed by atoms with Crippen LogP contribution in [0.1, 0.15) is 65.7 Å². The van der Waals surface area contributed by atoms with E-state index in [1.54, 1.807) is 0 Å². The minimum absolute atomic E-state index is 0.362. The summed E-state index contributed by atoms with van der Waals surface area (Å²) < 4.78 is 0. The lowest BCUT2D eigenvalue weighted by Crippen LogP contribution is -2.33. The summed E-state index contributed by atoms with van der Waals surface area (Å²) in [6, 6.07) is 0.362. The van der Waals surface area contributed by atoms with Gasteiger partial charge in [0, 0.05) is 6.04 Å². The van der Waals surface area contributed by atoms with Crippen LogP contribution in [0.3, 0.4) is 0 Å². The number of unbranched alkanes of at least 4 members (excludes halogenated alkanes) is 5. The van der Waals surface area contributed by atoms with Crippen molar-refractivity contribution in [3.8, 4) is 0 Å². The molecule has 3 N–H and O–H groups in total. The van der Waals surface area contributed by atoms with Gasteiger partial charge < -0.3 is 0 Å². The molecular weight excluding hydrogens is 184 g/mol. The third-order valence-electron chi connectivity index (χ3n) is 2.62. The molecule has 0 aliphatic heterocycles. The lowest BCUT2D eigenvalue weighted by atomic mass is 10.0. The average Bonchev–Trinajstić information content (AvgIpc) is 2.20. The van der Waals surface area contributed by atoms with Crippen molar-refractivity contribution in [1.82, 2.24) is 5.43 Å². The first-order valence-electron chi connectivity index (χ1n) is 6.31. The van der Waals surface area contributed by atoms with Crippen LogP contribution in [0, 0.1) is 0 Å². The predicted molar refractivity (Wildman–Crippen MR) is 68.5 cm³/mol. The lowest BCUT2D eigenvalue weighted by Gasteiger charge is -2.11. The van der Waals surface area contributed by atoms with Crippen molar-refractivity contribution in [3.63, 3.8) is 0 Å². The van der Waals surface area contributed by atoms with E-state index in [2.05, 4.69) is 32.3 Å². The Morgan fingerprint density at radius 1 is 1.13 bits per heavy atom. The highest BCUT2D eigenvalue weighted by Crippen LogP contribution is 2.09. The third-order valence-corrected chi connectivity index (χ3v) is 2.62. The Labute approximate surface area is 95.3 Å². The van der Waals surface area contributed by atoms with E-state index in [4.69, 9.17) is 5.84 Å². The fraction of sp³-hybridized carbons (Fsp3) is 0.846. The van der Waals surface area contributed by atoms with E-state index in [-0.39, 0.29) is 0 Å². The fourth-order valence-electron chi connectivity index (χ4n) is 1.76. The van der Waals surface area contributed by atoms with Gasteiger partial charge in [0.1, 0.15) is 0 Å². The van der Waals surface area contributed by atoms with Gasteiger partial charge in [-0.3, -0.25) is 11.3 Å². The summed E-state index contributed by atoms with van der Waals surface area (Å²) in [5, 5.41) is 0. The Hall–Kier alpha value is -0.340. The van der Waals surface area contributed by atoms with Crippen molar-refractivity contribution in [2.24, 2.45) is 5.84 Å². The first kappa shape index (κ1) is 14.7. The Kier molecular flexibility index (Phi) is 9.96. The van der Waals surface area contributed by atoms with Crippen LogP contribution in [0.15, 0.2) is 11.6 Å². The average molecular weight is 212 g/mol. The minimum Gasteiger partial charge on any atom is -0.271 e. The number of rotatable bonds is 9. The highest BCUT2D eigenvalue weighted by molar-refractivity contribution is 5.00. The zero-order valence-electron chi connectivity index (χ0n) is 10.7. The zero-order valence-corrected chi connectivity index (χ0v) is 10.7. The molecule has 0 radical (unpaired) electrons. The van der Waals surface area contributed by atoms with Gasteiger partial charge in [-0.05, 0) is 20.3 Å². The molecule has 0 fully saturated rings. The molecule has 0 saturated carbocycles. The molecule has 90 valence electrons. The highest BCUT2D eigenvalue weighted by Gasteiger charge is 2.01. The first-order chi connectivity index (χ1) is 7.20. The molecule has 0 rings (SSSR count). The molecule has 2 heteroatoms. The SMILES string of the molecule is CCCCCCCCC(C=C(C)C)NN. The van der Waals surface area contributed by atoms with Gasteiger partial charge in [-0.25, -0.2) is 0 Å². The monoisotopic (exact) mass is 212 g/mol. The molecule has 0 aliphatic rings. The third kappa shape index (κ3) is 9.95. The van der Waals surface area contributed by atoms with Crippen LogP contribution < -0.4 is 11.3 Å². The van der Waals surface area contributed by atoms with E-state index >= 15 is 0 Å². The highest BCUT2D eigenvalue weighted by atomic mass is 15.2. The lowest BCUT2D eigenvalue weighted by molar-refractivity contribution is 0.518. The summed E-state index contributed by atoms with van der Waals surface area (Å²) in [5.74, 6) is 5.49. The van der Waals surface area contributed by atoms with Crippen LogP contribution in [-0.4, -0.2) is 6.04 Å². The summed E-state index contributed by atoms with van der Waals surface area (Å²) in [7, 11) is 0. The summed E-state index contributed by atoms with van der Waals surface area (Å²) >= 11 is 0. The molecule has 0 aromatic carbocycles. The van der Waals surface area contributed by atoms with Crippen LogP contribution >= 0.6 is 0 Å². The molecular formula is C13H28N2. The van der Waals surface area contributed by atoms with E-state index in [0.717, 1.165) is 6.42 Å². The van der Waals surface area contributed by atoms with Crippen LogP contribution in [-0.2, 0) is 0 Å². The Bertz CT molecular complexity index is 160. The Morgan fingerprint density at radius 2 is 1.73 bits per heavy atom. The number of allylic oxidation sites excluding steroid dienone is 1. The van der Waals surface area contributed by atoms with Crippen molar-refractivity contribution >= 4 is 0 Å². The topological polar surface area (TPSA) is 38.0 Å². The van der Waals surface area contributed by atoms with Crippen LogP contribution in [0.5, 0.6) is 0 Å². The molecule has 2 nitrogen and oxygen atoms in total. The quantitative estimate of drug-likeness (QED) is 0.265. The van der Waals surface area contributed by atoms with Crippen LogP contribution in [0.2, 0.25) is 0 Å². The Morgan fingerprint density at radius 3 is 2.27 bits per heavy atom. The van der Waals surface area contributed by atoms with Crippen molar-refractivity contribution in [2.75, 3.05) is 0 Å². The van der Waals surface area contributed by atoms with Gasteiger partial charge in [0.05, 0.1) is 0 Å². The molecule has 1 unspecified atom stereocenters. The number of hydrogen-bond acceptors (Lipinski definition) is 2. The maximum absolute atomic E-state index is 5.49. The molecule has 0 aliphatic carbocycles. The van der Waals surface area contributed by atoms with Gasteiger partial charge in [-0.2, -0.15) is 0 Å². The van der Waals surface area contributed by atoms with Crippen molar-refractivity contribution in [2.45, 2.75) is 71.8 Å². The number of hydrazine groups is 1. The molecule has 1 atom stereocenters. The van der Waals surface area contributed by atoms with Gasteiger partial charge in [-0.1, -0.05) is 57.1 Å². The maximum atomic E-state index is 5.49. The van der Waals surface area contributed by atoms with Crippen LogP contribution in [0.4, 0.5) is 0 Å². The van der Waals surface area contributed by atoms with E-state index in [0.29, 0.717) is 6.04 Å². The summed E-state index contributed by atoms with van der Waals surface area (Å²) in [4.78, 5) is 0. The van der Waals surface area contributed by atoms with E-state index in [1.165, 1.54) is 44.1 Å². The normalized spacial score (nSPS) is 12.5. The van der Waals surface area contributed by atoms with E-state index in [9.17, 15) is 0 Å². The molecule has 15 heavy (non-hydrogen) atoms. The van der Waals surface area contributed by atoms with Gasteiger partial charge >= 0.3 is 0 Å². The number of nitrogens with one attached hydrogen (secondary N) is 1. The van der Waals surface area contributed by atoms with Crippen molar-refractivity contribution in [1.29, 1.82) is 0 Å². The Balaban J connectivity index is 3.43. The second kappa shape index (κ2) is 10.2. The minimum atomic E-state index is 0.362.